The van der Waals surface area contributed by atoms with Crippen LogP contribution in [0.5, 0.6) is 5.75 Å². The number of fused-ring (bicyclic) bond motifs is 6. The van der Waals surface area contributed by atoms with Gasteiger partial charge in [-0.2, -0.15) is 26.3 Å². The first-order chi connectivity index (χ1) is 26.7. The molecule has 3 aromatic carbocycles. The van der Waals surface area contributed by atoms with E-state index in [-0.39, 0.29) is 77.9 Å². The van der Waals surface area contributed by atoms with Gasteiger partial charge >= 0.3 is 18.3 Å². The van der Waals surface area contributed by atoms with Crippen LogP contribution in [0.1, 0.15) is 69.9 Å². The van der Waals surface area contributed by atoms with Crippen LogP contribution in [0.25, 0.3) is 11.1 Å². The number of likely N-dealkylation sites (tertiary alicyclic amines) is 1. The van der Waals surface area contributed by atoms with Crippen LogP contribution in [0, 0.1) is 25.5 Å². The summed E-state index contributed by atoms with van der Waals surface area (Å²) >= 11 is 0. The molecule has 17 heteroatoms. The highest BCUT2D eigenvalue weighted by Gasteiger charge is 2.38. The third kappa shape index (κ3) is 8.82. The maximum absolute atomic E-state index is 16.2. The number of pyridine rings is 1. The van der Waals surface area contributed by atoms with E-state index < -0.39 is 95.0 Å². The number of amides is 1. The molecule has 0 unspecified atom stereocenters. The average Bonchev–Trinajstić information content (AvgIpc) is 3.10. The van der Waals surface area contributed by atoms with Crippen molar-refractivity contribution in [2.24, 2.45) is 0 Å². The van der Waals surface area contributed by atoms with Crippen molar-refractivity contribution in [1.82, 2.24) is 14.8 Å². The first-order valence-electron chi connectivity index (χ1n) is 17.8. The number of hydrogen-bond acceptors (Lipinski definition) is 6. The Morgan fingerprint density at radius 1 is 0.930 bits per heavy atom. The summed E-state index contributed by atoms with van der Waals surface area (Å²) in [5.74, 6) is -4.51. The van der Waals surface area contributed by atoms with E-state index in [1.165, 1.54) is 39.0 Å². The summed E-state index contributed by atoms with van der Waals surface area (Å²) < 4.78 is 142. The molecule has 0 saturated carbocycles. The van der Waals surface area contributed by atoms with E-state index >= 15 is 8.78 Å². The number of hydrogen-bond donors (Lipinski definition) is 1. The second-order valence-electron chi connectivity index (χ2n) is 14.0. The van der Waals surface area contributed by atoms with Gasteiger partial charge in [-0.05, 0) is 91.4 Å². The first-order valence-corrected chi connectivity index (χ1v) is 17.8. The number of halogens is 9. The molecule has 6 rings (SSSR count). The first kappa shape index (κ1) is 41.3. The van der Waals surface area contributed by atoms with Crippen LogP contribution < -0.4 is 15.6 Å². The Bertz CT molecular complexity index is 2270. The van der Waals surface area contributed by atoms with Gasteiger partial charge in [0.1, 0.15) is 36.2 Å². The molecule has 8 nitrogen and oxygen atoms in total. The number of benzene rings is 3. The highest BCUT2D eigenvalue weighted by molar-refractivity contribution is 5.85. The predicted molar refractivity (Wildman–Crippen MR) is 188 cm³/mol. The van der Waals surface area contributed by atoms with E-state index in [2.05, 4.69) is 5.32 Å². The van der Waals surface area contributed by atoms with Crippen LogP contribution in [0.4, 0.5) is 39.5 Å². The molecule has 1 aromatic heterocycles. The van der Waals surface area contributed by atoms with Crippen LogP contribution in [0.3, 0.4) is 0 Å². The van der Waals surface area contributed by atoms with E-state index in [1.54, 1.807) is 4.90 Å². The number of aromatic nitrogens is 1. The van der Waals surface area contributed by atoms with Gasteiger partial charge in [-0.3, -0.25) is 23.9 Å². The van der Waals surface area contributed by atoms with Gasteiger partial charge in [-0.1, -0.05) is 6.07 Å². The molecule has 3 heterocycles. The van der Waals surface area contributed by atoms with Crippen LogP contribution in [-0.4, -0.2) is 53.8 Å². The van der Waals surface area contributed by atoms with Crippen LogP contribution >= 0.6 is 0 Å². The summed E-state index contributed by atoms with van der Waals surface area (Å²) in [6, 6.07) is 3.85. The molecular formula is C40H36F9N3O5. The number of rotatable bonds is 7. The molecule has 304 valence electrons. The largest absolute Gasteiger partial charge is 0.488 e. The second kappa shape index (κ2) is 15.9. The zero-order valence-corrected chi connectivity index (χ0v) is 30.7. The van der Waals surface area contributed by atoms with Gasteiger partial charge in [0.25, 0.3) is 5.56 Å². The third-order valence-electron chi connectivity index (χ3n) is 9.92. The molecule has 0 aliphatic carbocycles. The Balaban J connectivity index is 1.59. The van der Waals surface area contributed by atoms with Gasteiger partial charge in [-0.25, -0.2) is 13.2 Å². The lowest BCUT2D eigenvalue weighted by Crippen LogP contribution is -2.49. The third-order valence-corrected chi connectivity index (χ3v) is 9.92. The van der Waals surface area contributed by atoms with E-state index in [1.807, 2.05) is 0 Å². The Morgan fingerprint density at radius 2 is 1.65 bits per heavy atom. The Hall–Kier alpha value is -5.32. The minimum Gasteiger partial charge on any atom is -0.488 e. The van der Waals surface area contributed by atoms with E-state index in [0.29, 0.717) is 4.57 Å². The number of nitrogens with zero attached hydrogens (tertiary/aromatic N) is 2. The van der Waals surface area contributed by atoms with Crippen molar-refractivity contribution >= 4 is 11.9 Å². The molecule has 0 radical (unpaired) electrons. The Kier molecular flexibility index (Phi) is 11.5. The molecule has 1 fully saturated rings. The lowest BCUT2D eigenvalue weighted by atomic mass is 9.91. The molecule has 1 amide bonds. The minimum atomic E-state index is -5.04. The van der Waals surface area contributed by atoms with Crippen molar-refractivity contribution in [3.63, 3.8) is 0 Å². The van der Waals surface area contributed by atoms with Gasteiger partial charge in [0.05, 0.1) is 30.2 Å². The highest BCUT2D eigenvalue weighted by Crippen LogP contribution is 2.42. The van der Waals surface area contributed by atoms with Crippen LogP contribution in [0.2, 0.25) is 0 Å². The highest BCUT2D eigenvalue weighted by atomic mass is 19.4. The van der Waals surface area contributed by atoms with Gasteiger partial charge < -0.3 is 14.8 Å². The number of carbonyl (C=O) groups excluding carboxylic acids is 2. The topological polar surface area (TPSA) is 89.9 Å². The fourth-order valence-corrected chi connectivity index (χ4v) is 7.17. The number of carbonyl (C=O) groups is 2. The maximum atomic E-state index is 16.2. The lowest BCUT2D eigenvalue weighted by molar-refractivity contribution is -0.144. The zero-order valence-electron chi connectivity index (χ0n) is 30.7. The molecule has 4 bridgehead atoms. The number of ether oxygens (including phenoxy) is 2. The molecule has 2 atom stereocenters. The summed E-state index contributed by atoms with van der Waals surface area (Å²) in [7, 11) is 0. The van der Waals surface area contributed by atoms with Gasteiger partial charge in [-0.15, -0.1) is 0 Å². The maximum Gasteiger partial charge on any atom is 0.416 e. The van der Waals surface area contributed by atoms with Crippen molar-refractivity contribution in [1.29, 1.82) is 0 Å². The van der Waals surface area contributed by atoms with Crippen molar-refractivity contribution in [2.45, 2.75) is 70.8 Å². The second-order valence-corrected chi connectivity index (χ2v) is 14.0. The summed E-state index contributed by atoms with van der Waals surface area (Å²) in [5, 5.41) is 2.50. The van der Waals surface area contributed by atoms with Gasteiger partial charge in [0, 0.05) is 48.6 Å². The van der Waals surface area contributed by atoms with Crippen molar-refractivity contribution < 1.29 is 58.6 Å². The Morgan fingerprint density at radius 3 is 2.30 bits per heavy atom. The summed E-state index contributed by atoms with van der Waals surface area (Å²) in [6.07, 6.45) is -11.3. The quantitative estimate of drug-likeness (QED) is 0.151. The molecule has 1 saturated heterocycles. The van der Waals surface area contributed by atoms with E-state index in [4.69, 9.17) is 9.47 Å². The molecule has 1 N–H and O–H groups in total. The number of nitrogens with one attached hydrogen (secondary N) is 1. The number of esters is 1. The number of alkyl halides is 7. The molecule has 2 aliphatic heterocycles. The average molecular weight is 810 g/mol. The lowest BCUT2D eigenvalue weighted by Gasteiger charge is -2.34. The molecule has 57 heavy (non-hydrogen) atoms. The zero-order chi connectivity index (χ0) is 41.6. The monoisotopic (exact) mass is 809 g/mol. The summed E-state index contributed by atoms with van der Waals surface area (Å²) in [5.41, 5.74) is -4.79. The van der Waals surface area contributed by atoms with Gasteiger partial charge in [0.15, 0.2) is 0 Å². The van der Waals surface area contributed by atoms with E-state index in [9.17, 15) is 45.1 Å². The number of aryl methyl sites for hydroxylation is 2. The predicted octanol–water partition coefficient (Wildman–Crippen LogP) is 7.94. The van der Waals surface area contributed by atoms with Gasteiger partial charge in [0.2, 0.25) is 5.91 Å². The fourth-order valence-electron chi connectivity index (χ4n) is 7.17. The summed E-state index contributed by atoms with van der Waals surface area (Å²) in [4.78, 5) is 42.7. The normalized spacial score (nSPS) is 17.9. The Labute approximate surface area is 320 Å². The minimum absolute atomic E-state index is 0.0211. The molecular weight excluding hydrogens is 773 g/mol. The van der Waals surface area contributed by atoms with Crippen molar-refractivity contribution in [3.8, 4) is 16.9 Å². The van der Waals surface area contributed by atoms with Crippen molar-refractivity contribution in [3.05, 3.63) is 121 Å². The van der Waals surface area contributed by atoms with Crippen LogP contribution in [-0.2, 0) is 39.7 Å². The van der Waals surface area contributed by atoms with Crippen LogP contribution in [0.15, 0.2) is 59.5 Å². The molecule has 4 aromatic rings. The van der Waals surface area contributed by atoms with Crippen molar-refractivity contribution in [2.75, 3.05) is 26.2 Å². The molecule has 2 aliphatic rings. The summed E-state index contributed by atoms with van der Waals surface area (Å²) in [6.45, 7) is 3.48. The standard InChI is InChI=1S/C40H36F9N3O5/c1-4-56-34(54)15-31-28-12-24(9-21(3)36(28)43)35-20(2)10-25(39(44,45)46)13-32(35)57-19-22-5-6-30(42)27(11-22)37(38(55)50-31)52-16-23(7-8-51-17-26(41)18-51)29(14-33(52)53)40(47,48)49/h5-6,9-14,16,26,31,37H,4,7-8,15,17-19H2,1-3H3,(H,50,55)/t31-,37-/m0/s1. The fraction of sp³-hybridized carbons (Fsp3) is 0.375. The van der Waals surface area contributed by atoms with E-state index in [0.717, 1.165) is 30.5 Å². The molecule has 0 spiro atoms. The smallest absolute Gasteiger partial charge is 0.416 e. The SMILES string of the molecule is CCOC(=O)C[C@@H]1NC(=O)[C@@H](n2cc(CCN3CC(F)C3)c(C(F)(F)F)cc2=O)c2cc(ccc2F)COc2cc(C(F)(F)F)cc(C)c2-c2cc(C)c(F)c1c2.